The number of nitrogens with one attached hydrogen (secondary N) is 1. The van der Waals surface area contributed by atoms with Gasteiger partial charge in [0.1, 0.15) is 0 Å². The van der Waals surface area contributed by atoms with Gasteiger partial charge in [0.25, 0.3) is 0 Å². The molecule has 18 heavy (non-hydrogen) atoms. The maximum atomic E-state index is 5.04. The van der Waals surface area contributed by atoms with E-state index in [4.69, 9.17) is 4.99 Å². The third kappa shape index (κ3) is 2.71. The van der Waals surface area contributed by atoms with Crippen LogP contribution in [0.4, 0.5) is 0 Å². The van der Waals surface area contributed by atoms with Crippen LogP contribution in [-0.4, -0.2) is 23.0 Å². The number of amidine groups is 1. The van der Waals surface area contributed by atoms with Gasteiger partial charge in [0.2, 0.25) is 0 Å². The quantitative estimate of drug-likeness (QED) is 0.783. The minimum atomic E-state index is 0.578. The molecule has 0 amide bonds. The minimum absolute atomic E-state index is 0.578. The van der Waals surface area contributed by atoms with E-state index in [9.17, 15) is 0 Å². The lowest BCUT2D eigenvalue weighted by atomic mass is 9.80. The molecule has 1 saturated heterocycles. The van der Waals surface area contributed by atoms with Gasteiger partial charge in [0, 0.05) is 11.8 Å². The van der Waals surface area contributed by atoms with Crippen LogP contribution in [-0.2, 0) is 0 Å². The summed E-state index contributed by atoms with van der Waals surface area (Å²) in [5, 5.41) is 4.96. The second-order valence-corrected chi connectivity index (χ2v) is 7.66. The molecule has 0 aromatic carbocycles. The summed E-state index contributed by atoms with van der Waals surface area (Å²) in [6.45, 7) is 4.77. The molecule has 102 valence electrons. The van der Waals surface area contributed by atoms with Crippen LogP contribution < -0.4 is 5.32 Å². The molecule has 2 aliphatic carbocycles. The summed E-state index contributed by atoms with van der Waals surface area (Å²) in [4.78, 5) is 5.04. The predicted molar refractivity (Wildman–Crippen MR) is 80.1 cm³/mol. The van der Waals surface area contributed by atoms with Crippen LogP contribution in [0.5, 0.6) is 0 Å². The summed E-state index contributed by atoms with van der Waals surface area (Å²) in [5.74, 6) is 3.89. The van der Waals surface area contributed by atoms with Gasteiger partial charge in [0.15, 0.2) is 5.17 Å². The first kappa shape index (κ1) is 12.8. The molecule has 1 aliphatic heterocycles. The Morgan fingerprint density at radius 3 is 2.89 bits per heavy atom. The van der Waals surface area contributed by atoms with Crippen LogP contribution in [0.1, 0.15) is 52.4 Å². The van der Waals surface area contributed by atoms with E-state index in [2.05, 4.69) is 19.2 Å². The van der Waals surface area contributed by atoms with Crippen molar-refractivity contribution >= 4 is 16.9 Å². The van der Waals surface area contributed by atoms with E-state index >= 15 is 0 Å². The Kier molecular flexibility index (Phi) is 3.88. The van der Waals surface area contributed by atoms with Crippen LogP contribution in [0, 0.1) is 17.8 Å². The van der Waals surface area contributed by atoms with Crippen LogP contribution in [0.15, 0.2) is 4.99 Å². The lowest BCUT2D eigenvalue weighted by molar-refractivity contribution is 0.264. The van der Waals surface area contributed by atoms with Gasteiger partial charge in [-0.05, 0) is 49.9 Å². The van der Waals surface area contributed by atoms with Gasteiger partial charge in [-0.15, -0.1) is 0 Å². The number of fused-ring (bicyclic) bond motifs is 1. The average Bonchev–Trinajstić information content (AvgIpc) is 2.80. The summed E-state index contributed by atoms with van der Waals surface area (Å²) in [7, 11) is 0. The second kappa shape index (κ2) is 5.44. The lowest BCUT2D eigenvalue weighted by Gasteiger charge is -2.33. The largest absolute Gasteiger partial charge is 0.362 e. The first-order chi connectivity index (χ1) is 8.72. The molecule has 1 heterocycles. The Balaban J connectivity index is 1.62. The topological polar surface area (TPSA) is 24.4 Å². The van der Waals surface area contributed by atoms with Crippen molar-refractivity contribution in [1.82, 2.24) is 5.32 Å². The van der Waals surface area contributed by atoms with Gasteiger partial charge in [-0.2, -0.15) is 0 Å². The highest BCUT2D eigenvalue weighted by atomic mass is 32.2. The van der Waals surface area contributed by atoms with Crippen molar-refractivity contribution in [1.29, 1.82) is 0 Å². The molecule has 1 N–H and O–H groups in total. The van der Waals surface area contributed by atoms with E-state index in [1.807, 2.05) is 11.8 Å². The molecule has 3 aliphatic rings. The number of rotatable bonds is 1. The Morgan fingerprint density at radius 2 is 2.06 bits per heavy atom. The van der Waals surface area contributed by atoms with E-state index in [1.165, 1.54) is 49.4 Å². The Bertz CT molecular complexity index is 328. The maximum absolute atomic E-state index is 5.04. The standard InChI is InChI=1S/C15H26N2S/c1-10-6-7-13(11(2)8-10)16-15-17-14-5-3-4-12(14)9-18-15/h10-14H,3-9H2,1-2H3,(H,16,17). The van der Waals surface area contributed by atoms with Crippen LogP contribution in [0.3, 0.4) is 0 Å². The normalized spacial score (nSPS) is 46.8. The number of hydrogen-bond acceptors (Lipinski definition) is 2. The van der Waals surface area contributed by atoms with Crippen molar-refractivity contribution in [2.45, 2.75) is 64.5 Å². The molecule has 0 aromatic heterocycles. The van der Waals surface area contributed by atoms with Crippen LogP contribution >= 0.6 is 11.8 Å². The van der Waals surface area contributed by atoms with Gasteiger partial charge in [-0.3, -0.25) is 4.99 Å². The zero-order valence-electron chi connectivity index (χ0n) is 11.7. The number of nitrogens with zero attached hydrogens (tertiary/aromatic N) is 1. The Hall–Kier alpha value is -0.180. The third-order valence-electron chi connectivity index (χ3n) is 5.07. The van der Waals surface area contributed by atoms with Crippen molar-refractivity contribution in [2.75, 3.05) is 5.75 Å². The fourth-order valence-electron chi connectivity index (χ4n) is 3.88. The third-order valence-corrected chi connectivity index (χ3v) is 6.16. The molecule has 5 unspecified atom stereocenters. The molecule has 0 spiro atoms. The molecule has 0 radical (unpaired) electrons. The lowest BCUT2D eigenvalue weighted by Crippen LogP contribution is -2.42. The smallest absolute Gasteiger partial charge is 0.157 e. The first-order valence-electron chi connectivity index (χ1n) is 7.69. The van der Waals surface area contributed by atoms with Gasteiger partial charge in [-0.25, -0.2) is 0 Å². The molecular weight excluding hydrogens is 240 g/mol. The molecule has 2 saturated carbocycles. The predicted octanol–water partition coefficient (Wildman–Crippen LogP) is 3.67. The van der Waals surface area contributed by atoms with Crippen molar-refractivity contribution in [3.05, 3.63) is 0 Å². The van der Waals surface area contributed by atoms with Crippen molar-refractivity contribution in [3.8, 4) is 0 Å². The van der Waals surface area contributed by atoms with Gasteiger partial charge in [0.05, 0.1) is 6.04 Å². The highest BCUT2D eigenvalue weighted by molar-refractivity contribution is 8.13. The minimum Gasteiger partial charge on any atom is -0.362 e. The van der Waals surface area contributed by atoms with Crippen molar-refractivity contribution < 1.29 is 0 Å². The van der Waals surface area contributed by atoms with E-state index in [0.717, 1.165) is 23.8 Å². The highest BCUT2D eigenvalue weighted by Crippen LogP contribution is 2.35. The average molecular weight is 266 g/mol. The van der Waals surface area contributed by atoms with Crippen LogP contribution in [0.2, 0.25) is 0 Å². The zero-order valence-corrected chi connectivity index (χ0v) is 12.5. The molecule has 2 nitrogen and oxygen atoms in total. The summed E-state index contributed by atoms with van der Waals surface area (Å²) in [5.41, 5.74) is 0. The second-order valence-electron chi connectivity index (χ2n) is 6.65. The molecule has 3 heteroatoms. The van der Waals surface area contributed by atoms with E-state index in [1.54, 1.807) is 0 Å². The number of aliphatic imine (C=N–C) groups is 1. The van der Waals surface area contributed by atoms with Crippen molar-refractivity contribution in [3.63, 3.8) is 0 Å². The maximum Gasteiger partial charge on any atom is 0.157 e. The Labute approximate surface area is 115 Å². The van der Waals surface area contributed by atoms with Gasteiger partial charge < -0.3 is 5.32 Å². The fraction of sp³-hybridized carbons (Fsp3) is 0.933. The number of thioether (sulfide) groups is 1. The van der Waals surface area contributed by atoms with Gasteiger partial charge in [-0.1, -0.05) is 32.0 Å². The first-order valence-corrected chi connectivity index (χ1v) is 8.68. The highest BCUT2D eigenvalue weighted by Gasteiger charge is 2.33. The van der Waals surface area contributed by atoms with E-state index in [0.29, 0.717) is 6.04 Å². The molecule has 3 fully saturated rings. The summed E-state index contributed by atoms with van der Waals surface area (Å²) >= 11 is 1.98. The Morgan fingerprint density at radius 1 is 1.17 bits per heavy atom. The van der Waals surface area contributed by atoms with Crippen LogP contribution in [0.25, 0.3) is 0 Å². The molecule has 0 aromatic rings. The summed E-state index contributed by atoms with van der Waals surface area (Å²) in [6.07, 6.45) is 8.22. The molecular formula is C15H26N2S. The fourth-order valence-corrected chi connectivity index (χ4v) is 5.09. The summed E-state index contributed by atoms with van der Waals surface area (Å²) in [6, 6.07) is 1.32. The van der Waals surface area contributed by atoms with Crippen molar-refractivity contribution in [2.24, 2.45) is 22.7 Å². The van der Waals surface area contributed by atoms with E-state index < -0.39 is 0 Å². The number of hydrogen-bond donors (Lipinski definition) is 1. The molecule has 0 bridgehead atoms. The monoisotopic (exact) mass is 266 g/mol. The van der Waals surface area contributed by atoms with Gasteiger partial charge >= 0.3 is 0 Å². The zero-order chi connectivity index (χ0) is 12.5. The molecule has 5 atom stereocenters. The van der Waals surface area contributed by atoms with E-state index in [-0.39, 0.29) is 0 Å². The molecule has 3 rings (SSSR count). The summed E-state index contributed by atoms with van der Waals surface area (Å²) < 4.78 is 0. The SMILES string of the molecule is CC1CCC(N=C2NC3CCCC3CS2)C(C)C1.